The summed E-state index contributed by atoms with van der Waals surface area (Å²) >= 11 is 0. The molecule has 134 valence electrons. The van der Waals surface area contributed by atoms with Crippen LogP contribution in [0.25, 0.3) is 0 Å². The molecule has 1 aliphatic carbocycles. The van der Waals surface area contributed by atoms with Crippen molar-refractivity contribution in [2.24, 2.45) is 5.92 Å². The van der Waals surface area contributed by atoms with E-state index in [-0.39, 0.29) is 29.1 Å². The zero-order chi connectivity index (χ0) is 18.1. The van der Waals surface area contributed by atoms with E-state index in [1.54, 1.807) is 0 Å². The Labute approximate surface area is 146 Å². The molecule has 0 spiro atoms. The third kappa shape index (κ3) is 3.60. The predicted molar refractivity (Wildman–Crippen MR) is 97.6 cm³/mol. The molecule has 0 amide bonds. The van der Waals surface area contributed by atoms with Crippen LogP contribution in [0.3, 0.4) is 0 Å². The maximum absolute atomic E-state index is 11.8. The molecule has 3 heteroatoms. The van der Waals surface area contributed by atoms with E-state index >= 15 is 0 Å². The first kappa shape index (κ1) is 18.8. The average molecular weight is 332 g/mol. The Bertz CT molecular complexity index is 564. The lowest BCUT2D eigenvalue weighted by atomic mass is 9.67. The Morgan fingerprint density at radius 1 is 1.12 bits per heavy atom. The molecule has 0 saturated heterocycles. The fourth-order valence-electron chi connectivity index (χ4n) is 3.85. The van der Waals surface area contributed by atoms with Gasteiger partial charge in [0.2, 0.25) is 0 Å². The molecular weight excluding hydrogens is 300 g/mol. The van der Waals surface area contributed by atoms with E-state index < -0.39 is 0 Å². The lowest BCUT2D eigenvalue weighted by Gasteiger charge is -2.38. The third-order valence-corrected chi connectivity index (χ3v) is 5.73. The molecule has 0 radical (unpaired) electrons. The third-order valence-electron chi connectivity index (χ3n) is 5.73. The summed E-state index contributed by atoms with van der Waals surface area (Å²) in [5, 5.41) is 10.6. The number of esters is 1. The SMILES string of the molecule is COC(=O)C1CCC(C)(c2cc(C(C)C)c(O)c(C(C)C)c2)CC1. The lowest BCUT2D eigenvalue weighted by molar-refractivity contribution is -0.146. The number of ether oxygens (including phenoxy) is 1. The normalized spacial score (nSPS) is 24.4. The molecule has 0 aromatic heterocycles. The Morgan fingerprint density at radius 3 is 1.96 bits per heavy atom. The number of rotatable bonds is 4. The number of carbonyl (C=O) groups is 1. The van der Waals surface area contributed by atoms with Crippen molar-refractivity contribution in [2.75, 3.05) is 7.11 Å². The molecule has 0 bridgehead atoms. The summed E-state index contributed by atoms with van der Waals surface area (Å²) < 4.78 is 4.91. The number of phenols is 1. The average Bonchev–Trinajstić information content (AvgIpc) is 2.54. The summed E-state index contributed by atoms with van der Waals surface area (Å²) in [7, 11) is 1.47. The van der Waals surface area contributed by atoms with Gasteiger partial charge in [0.15, 0.2) is 0 Å². The summed E-state index contributed by atoms with van der Waals surface area (Å²) in [6, 6.07) is 4.37. The zero-order valence-electron chi connectivity index (χ0n) is 16.0. The zero-order valence-corrected chi connectivity index (χ0v) is 16.0. The van der Waals surface area contributed by atoms with Crippen LogP contribution in [0.5, 0.6) is 5.75 Å². The monoisotopic (exact) mass is 332 g/mol. The molecule has 0 unspecified atom stereocenters. The van der Waals surface area contributed by atoms with Crippen molar-refractivity contribution < 1.29 is 14.6 Å². The fourth-order valence-corrected chi connectivity index (χ4v) is 3.85. The number of carbonyl (C=O) groups excluding carboxylic acids is 1. The highest BCUT2D eigenvalue weighted by Gasteiger charge is 2.36. The quantitative estimate of drug-likeness (QED) is 0.765. The second-order valence-corrected chi connectivity index (χ2v) is 8.17. The predicted octanol–water partition coefficient (Wildman–Crippen LogP) is 5.26. The molecule has 0 heterocycles. The maximum Gasteiger partial charge on any atom is 0.308 e. The molecule has 1 saturated carbocycles. The van der Waals surface area contributed by atoms with E-state index in [0.717, 1.165) is 36.8 Å². The minimum absolute atomic E-state index is 0.0364. The summed E-state index contributed by atoms with van der Waals surface area (Å²) in [4.78, 5) is 11.8. The van der Waals surface area contributed by atoms with Crippen molar-refractivity contribution in [3.8, 4) is 5.75 Å². The topological polar surface area (TPSA) is 46.5 Å². The smallest absolute Gasteiger partial charge is 0.308 e. The van der Waals surface area contributed by atoms with Crippen LogP contribution in [0, 0.1) is 5.92 Å². The number of hydrogen-bond acceptors (Lipinski definition) is 3. The Kier molecular flexibility index (Phi) is 5.62. The van der Waals surface area contributed by atoms with Crippen LogP contribution < -0.4 is 0 Å². The summed E-state index contributed by atoms with van der Waals surface area (Å²) in [5.41, 5.74) is 3.43. The first-order valence-electron chi connectivity index (χ1n) is 9.14. The van der Waals surface area contributed by atoms with Gasteiger partial charge < -0.3 is 9.84 Å². The van der Waals surface area contributed by atoms with Gasteiger partial charge in [0.25, 0.3) is 0 Å². The maximum atomic E-state index is 11.8. The van der Waals surface area contributed by atoms with Gasteiger partial charge in [-0.1, -0.05) is 46.8 Å². The van der Waals surface area contributed by atoms with Gasteiger partial charge in [0.05, 0.1) is 13.0 Å². The minimum atomic E-state index is -0.0755. The van der Waals surface area contributed by atoms with Gasteiger partial charge in [-0.05, 0) is 59.6 Å². The largest absolute Gasteiger partial charge is 0.507 e. The molecule has 1 aromatic carbocycles. The van der Waals surface area contributed by atoms with E-state index in [4.69, 9.17) is 4.74 Å². The number of aromatic hydroxyl groups is 1. The Hall–Kier alpha value is -1.51. The van der Waals surface area contributed by atoms with E-state index in [1.807, 2.05) is 0 Å². The van der Waals surface area contributed by atoms with Crippen LogP contribution >= 0.6 is 0 Å². The van der Waals surface area contributed by atoms with Crippen LogP contribution in [0.4, 0.5) is 0 Å². The molecule has 3 nitrogen and oxygen atoms in total. The lowest BCUT2D eigenvalue weighted by Crippen LogP contribution is -2.32. The number of methoxy groups -OCH3 is 1. The second-order valence-electron chi connectivity index (χ2n) is 8.17. The van der Waals surface area contributed by atoms with Gasteiger partial charge in [0, 0.05) is 0 Å². The molecule has 1 fully saturated rings. The van der Waals surface area contributed by atoms with Crippen molar-refractivity contribution in [1.29, 1.82) is 0 Å². The van der Waals surface area contributed by atoms with Crippen LogP contribution in [-0.4, -0.2) is 18.2 Å². The molecule has 1 N–H and O–H groups in total. The van der Waals surface area contributed by atoms with Gasteiger partial charge >= 0.3 is 5.97 Å². The molecule has 0 aliphatic heterocycles. The summed E-state index contributed by atoms with van der Waals surface area (Å²) in [5.74, 6) is 0.994. The Balaban J connectivity index is 2.36. The van der Waals surface area contributed by atoms with Gasteiger partial charge in [0.1, 0.15) is 5.75 Å². The number of benzene rings is 1. The van der Waals surface area contributed by atoms with Gasteiger partial charge in [-0.2, -0.15) is 0 Å². The van der Waals surface area contributed by atoms with Crippen LogP contribution in [-0.2, 0) is 14.9 Å². The van der Waals surface area contributed by atoms with E-state index in [2.05, 4.69) is 46.8 Å². The van der Waals surface area contributed by atoms with Gasteiger partial charge in [-0.3, -0.25) is 4.79 Å². The first-order chi connectivity index (χ1) is 11.2. The van der Waals surface area contributed by atoms with Crippen molar-refractivity contribution in [2.45, 2.75) is 77.6 Å². The molecule has 0 atom stereocenters. The van der Waals surface area contributed by atoms with E-state index in [9.17, 15) is 9.90 Å². The Morgan fingerprint density at radius 2 is 1.58 bits per heavy atom. The molecule has 1 aromatic rings. The highest BCUT2D eigenvalue weighted by atomic mass is 16.5. The molecule has 24 heavy (non-hydrogen) atoms. The van der Waals surface area contributed by atoms with E-state index in [0.29, 0.717) is 5.75 Å². The van der Waals surface area contributed by atoms with Crippen LogP contribution in [0.15, 0.2) is 12.1 Å². The van der Waals surface area contributed by atoms with E-state index in [1.165, 1.54) is 12.7 Å². The van der Waals surface area contributed by atoms with Gasteiger partial charge in [-0.25, -0.2) is 0 Å². The van der Waals surface area contributed by atoms with Crippen molar-refractivity contribution in [3.05, 3.63) is 28.8 Å². The first-order valence-corrected chi connectivity index (χ1v) is 9.14. The molecule has 1 aliphatic rings. The highest BCUT2D eigenvalue weighted by molar-refractivity contribution is 5.72. The van der Waals surface area contributed by atoms with Crippen LogP contribution in [0.1, 0.15) is 88.8 Å². The standard InChI is InChI=1S/C21H32O3/c1-13(2)17-11-16(12-18(14(3)4)19(17)22)21(5)9-7-15(8-10-21)20(23)24-6/h11-15,22H,7-10H2,1-6H3. The summed E-state index contributed by atoms with van der Waals surface area (Å²) in [6.45, 7) is 10.8. The van der Waals surface area contributed by atoms with Crippen molar-refractivity contribution in [1.82, 2.24) is 0 Å². The van der Waals surface area contributed by atoms with Gasteiger partial charge in [-0.15, -0.1) is 0 Å². The minimum Gasteiger partial charge on any atom is -0.507 e. The summed E-state index contributed by atoms with van der Waals surface area (Å²) in [6.07, 6.45) is 3.70. The van der Waals surface area contributed by atoms with Crippen molar-refractivity contribution in [3.63, 3.8) is 0 Å². The molecular formula is C21H32O3. The fraction of sp³-hybridized carbons (Fsp3) is 0.667. The highest BCUT2D eigenvalue weighted by Crippen LogP contribution is 2.45. The van der Waals surface area contributed by atoms with Crippen molar-refractivity contribution >= 4 is 5.97 Å². The second kappa shape index (κ2) is 7.16. The number of hydrogen-bond donors (Lipinski definition) is 1. The van der Waals surface area contributed by atoms with Crippen LogP contribution in [0.2, 0.25) is 0 Å². The number of phenolic OH excluding ortho intramolecular Hbond substituents is 1. The molecule has 2 rings (SSSR count).